The van der Waals surface area contributed by atoms with Crippen LogP contribution >= 0.6 is 0 Å². The lowest BCUT2D eigenvalue weighted by Gasteiger charge is -2.32. The van der Waals surface area contributed by atoms with Crippen molar-refractivity contribution >= 4 is 12.0 Å². The molecule has 4 nitrogen and oxygen atoms in total. The topological polar surface area (TPSA) is 32.8 Å². The van der Waals surface area contributed by atoms with E-state index in [9.17, 15) is 9.18 Å². The second-order valence-corrected chi connectivity index (χ2v) is 6.13. The van der Waals surface area contributed by atoms with E-state index < -0.39 is 0 Å². The fraction of sp³-hybridized carbons (Fsp3) is 0.500. The zero-order chi connectivity index (χ0) is 16.1. The van der Waals surface area contributed by atoms with E-state index in [-0.39, 0.29) is 11.7 Å². The van der Waals surface area contributed by atoms with Gasteiger partial charge in [-0.15, -0.1) is 0 Å². The maximum absolute atomic E-state index is 12.9. The number of ether oxygens (including phenoxy) is 1. The Morgan fingerprint density at radius 3 is 2.70 bits per heavy atom. The molecule has 124 valence electrons. The van der Waals surface area contributed by atoms with Crippen LogP contribution < -0.4 is 0 Å². The third kappa shape index (κ3) is 4.39. The van der Waals surface area contributed by atoms with E-state index in [1.165, 1.54) is 12.1 Å². The van der Waals surface area contributed by atoms with Gasteiger partial charge in [-0.2, -0.15) is 0 Å². The minimum absolute atomic E-state index is 0.0464. The molecule has 1 atom stereocenters. The average molecular weight is 318 g/mol. The van der Waals surface area contributed by atoms with Crippen LogP contribution in [-0.4, -0.2) is 61.1 Å². The first kappa shape index (κ1) is 16.1. The summed E-state index contributed by atoms with van der Waals surface area (Å²) in [6.07, 6.45) is 5.48. The van der Waals surface area contributed by atoms with Gasteiger partial charge in [0.25, 0.3) is 0 Å². The van der Waals surface area contributed by atoms with Gasteiger partial charge < -0.3 is 9.64 Å². The largest absolute Gasteiger partial charge is 0.379 e. The van der Waals surface area contributed by atoms with Crippen molar-refractivity contribution in [3.8, 4) is 0 Å². The molecule has 2 fully saturated rings. The van der Waals surface area contributed by atoms with Gasteiger partial charge in [-0.25, -0.2) is 4.39 Å². The number of hydrogen-bond acceptors (Lipinski definition) is 3. The van der Waals surface area contributed by atoms with Crippen molar-refractivity contribution in [2.75, 3.05) is 39.4 Å². The summed E-state index contributed by atoms with van der Waals surface area (Å²) in [5, 5.41) is 0. The standard InChI is InChI=1S/C18H23FN2O2/c19-16-6-3-15(4-7-16)5-8-18(22)21-9-1-2-17(21)14-20-10-12-23-13-11-20/h3-8,17H,1-2,9-14H2/b8-5-/t17-/m0/s1. The second-order valence-electron chi connectivity index (χ2n) is 6.13. The van der Waals surface area contributed by atoms with Crippen LogP contribution in [0.4, 0.5) is 4.39 Å². The Labute approximate surface area is 136 Å². The van der Waals surface area contributed by atoms with Gasteiger partial charge in [-0.3, -0.25) is 9.69 Å². The molecule has 23 heavy (non-hydrogen) atoms. The molecule has 5 heteroatoms. The molecule has 2 saturated heterocycles. The molecule has 1 aromatic carbocycles. The maximum atomic E-state index is 12.9. The van der Waals surface area contributed by atoms with E-state index >= 15 is 0 Å². The number of halogens is 1. The number of nitrogens with zero attached hydrogens (tertiary/aromatic N) is 2. The van der Waals surface area contributed by atoms with E-state index in [0.717, 1.165) is 57.8 Å². The van der Waals surface area contributed by atoms with Crippen LogP contribution in [0.3, 0.4) is 0 Å². The molecule has 1 aromatic rings. The first-order valence-corrected chi connectivity index (χ1v) is 8.27. The highest BCUT2D eigenvalue weighted by Gasteiger charge is 2.29. The molecule has 0 N–H and O–H groups in total. The van der Waals surface area contributed by atoms with Crippen molar-refractivity contribution < 1.29 is 13.9 Å². The van der Waals surface area contributed by atoms with Crippen molar-refractivity contribution in [1.29, 1.82) is 0 Å². The molecule has 0 aromatic heterocycles. The minimum atomic E-state index is -0.265. The average Bonchev–Trinajstić information content (AvgIpc) is 3.03. The fourth-order valence-corrected chi connectivity index (χ4v) is 3.23. The molecule has 0 aliphatic carbocycles. The van der Waals surface area contributed by atoms with Crippen molar-refractivity contribution in [3.05, 3.63) is 41.7 Å². The Balaban J connectivity index is 1.57. The van der Waals surface area contributed by atoms with E-state index in [2.05, 4.69) is 4.90 Å². The lowest BCUT2D eigenvalue weighted by atomic mass is 10.2. The van der Waals surface area contributed by atoms with Gasteiger partial charge in [-0.05, 0) is 36.6 Å². The molecular weight excluding hydrogens is 295 g/mol. The summed E-state index contributed by atoms with van der Waals surface area (Å²) in [6, 6.07) is 6.45. The molecule has 2 aliphatic heterocycles. The Hall–Kier alpha value is -1.72. The Bertz CT molecular complexity index is 553. The van der Waals surface area contributed by atoms with E-state index in [4.69, 9.17) is 4.74 Å². The van der Waals surface area contributed by atoms with E-state index in [1.54, 1.807) is 24.3 Å². The summed E-state index contributed by atoms with van der Waals surface area (Å²) < 4.78 is 18.3. The van der Waals surface area contributed by atoms with Crippen molar-refractivity contribution in [3.63, 3.8) is 0 Å². The Morgan fingerprint density at radius 2 is 1.96 bits per heavy atom. The molecule has 3 rings (SSSR count). The fourth-order valence-electron chi connectivity index (χ4n) is 3.23. The molecule has 0 bridgehead atoms. The molecule has 2 heterocycles. The number of hydrogen-bond donors (Lipinski definition) is 0. The second kappa shape index (κ2) is 7.70. The monoisotopic (exact) mass is 318 g/mol. The third-order valence-electron chi connectivity index (χ3n) is 4.52. The number of carbonyl (C=O) groups is 1. The minimum Gasteiger partial charge on any atom is -0.379 e. The summed E-state index contributed by atoms with van der Waals surface area (Å²) in [5.41, 5.74) is 0.837. The zero-order valence-electron chi connectivity index (χ0n) is 13.3. The normalized spacial score (nSPS) is 22.8. The Morgan fingerprint density at radius 1 is 1.22 bits per heavy atom. The van der Waals surface area contributed by atoms with Crippen LogP contribution in [0.25, 0.3) is 6.08 Å². The van der Waals surface area contributed by atoms with Gasteiger partial charge in [0.1, 0.15) is 5.82 Å². The van der Waals surface area contributed by atoms with Gasteiger partial charge in [0, 0.05) is 38.3 Å². The molecule has 0 saturated carbocycles. The van der Waals surface area contributed by atoms with Crippen LogP contribution in [0.5, 0.6) is 0 Å². The first-order valence-electron chi connectivity index (χ1n) is 8.27. The van der Waals surface area contributed by atoms with Crippen LogP contribution in [0.2, 0.25) is 0 Å². The maximum Gasteiger partial charge on any atom is 0.246 e. The number of benzene rings is 1. The predicted molar refractivity (Wildman–Crippen MR) is 87.4 cm³/mol. The lowest BCUT2D eigenvalue weighted by Crippen LogP contribution is -2.46. The summed E-state index contributed by atoms with van der Waals surface area (Å²) in [5.74, 6) is -0.219. The summed E-state index contributed by atoms with van der Waals surface area (Å²) in [6.45, 7) is 5.21. The van der Waals surface area contributed by atoms with E-state index in [1.807, 2.05) is 4.90 Å². The van der Waals surface area contributed by atoms with Gasteiger partial charge in [-0.1, -0.05) is 12.1 Å². The summed E-state index contributed by atoms with van der Waals surface area (Å²) in [4.78, 5) is 16.8. The molecule has 1 amide bonds. The van der Waals surface area contributed by atoms with Crippen LogP contribution in [0.1, 0.15) is 18.4 Å². The first-order chi connectivity index (χ1) is 11.2. The van der Waals surface area contributed by atoms with Gasteiger partial charge in [0.15, 0.2) is 0 Å². The molecular formula is C18H23FN2O2. The summed E-state index contributed by atoms with van der Waals surface area (Å²) in [7, 11) is 0. The quantitative estimate of drug-likeness (QED) is 0.798. The third-order valence-corrected chi connectivity index (χ3v) is 4.52. The van der Waals surface area contributed by atoms with Crippen molar-refractivity contribution in [1.82, 2.24) is 9.80 Å². The number of likely N-dealkylation sites (tertiary alicyclic amines) is 1. The van der Waals surface area contributed by atoms with Crippen LogP contribution in [-0.2, 0) is 9.53 Å². The smallest absolute Gasteiger partial charge is 0.246 e. The highest BCUT2D eigenvalue weighted by atomic mass is 19.1. The predicted octanol–water partition coefficient (Wildman–Crippen LogP) is 2.16. The van der Waals surface area contributed by atoms with Crippen LogP contribution in [0, 0.1) is 5.82 Å². The molecule has 0 radical (unpaired) electrons. The molecule has 2 aliphatic rings. The number of morpholine rings is 1. The molecule has 0 spiro atoms. The number of rotatable bonds is 4. The van der Waals surface area contributed by atoms with Crippen LogP contribution in [0.15, 0.2) is 30.3 Å². The molecule has 0 unspecified atom stereocenters. The SMILES string of the molecule is O=C(/C=C\c1ccc(F)cc1)N1CCC[C@H]1CN1CCOCC1. The zero-order valence-corrected chi connectivity index (χ0v) is 13.3. The van der Waals surface area contributed by atoms with Gasteiger partial charge in [0.2, 0.25) is 5.91 Å². The Kier molecular flexibility index (Phi) is 5.41. The summed E-state index contributed by atoms with van der Waals surface area (Å²) >= 11 is 0. The van der Waals surface area contributed by atoms with Crippen molar-refractivity contribution in [2.24, 2.45) is 0 Å². The number of carbonyl (C=O) groups excluding carboxylic acids is 1. The van der Waals surface area contributed by atoms with Gasteiger partial charge >= 0.3 is 0 Å². The van der Waals surface area contributed by atoms with Crippen molar-refractivity contribution in [2.45, 2.75) is 18.9 Å². The number of amides is 1. The lowest BCUT2D eigenvalue weighted by molar-refractivity contribution is -0.127. The highest BCUT2D eigenvalue weighted by Crippen LogP contribution is 2.19. The highest BCUT2D eigenvalue weighted by molar-refractivity contribution is 5.92. The van der Waals surface area contributed by atoms with E-state index in [0.29, 0.717) is 6.04 Å². The van der Waals surface area contributed by atoms with Gasteiger partial charge in [0.05, 0.1) is 13.2 Å².